The maximum absolute atomic E-state index is 8.42. The van der Waals surface area contributed by atoms with E-state index in [9.17, 15) is 0 Å². The van der Waals surface area contributed by atoms with Gasteiger partial charge in [0, 0.05) is 0 Å². The van der Waals surface area contributed by atoms with E-state index in [0.717, 1.165) is 5.69 Å². The number of aromatic nitrogens is 1. The lowest BCUT2D eigenvalue weighted by molar-refractivity contribution is 1.23. The van der Waals surface area contributed by atoms with Crippen molar-refractivity contribution in [2.75, 3.05) is 11.9 Å². The van der Waals surface area contributed by atoms with Gasteiger partial charge in [0.15, 0.2) is 0 Å². The first-order valence-electron chi connectivity index (χ1n) is 3.34. The molecule has 0 saturated heterocycles. The van der Waals surface area contributed by atoms with Crippen molar-refractivity contribution in [2.45, 2.75) is 0 Å². The fourth-order valence-electron chi connectivity index (χ4n) is 0.706. The van der Waals surface area contributed by atoms with Gasteiger partial charge in [0.1, 0.15) is 18.3 Å². The zero-order valence-electron chi connectivity index (χ0n) is 6.28. The molecule has 0 unspecified atom stereocenters. The number of pyridine rings is 1. The summed E-state index contributed by atoms with van der Waals surface area (Å²) in [6.07, 6.45) is 1.52. The average Bonchev–Trinajstić information content (AvgIpc) is 2.15. The van der Waals surface area contributed by atoms with Crippen LogP contribution in [0.4, 0.5) is 5.69 Å². The molecule has 0 saturated carbocycles. The second-order valence-electron chi connectivity index (χ2n) is 2.06. The van der Waals surface area contributed by atoms with Crippen LogP contribution in [0.1, 0.15) is 5.69 Å². The highest BCUT2D eigenvalue weighted by atomic mass is 14.9. The minimum Gasteiger partial charge on any atom is -0.371 e. The van der Waals surface area contributed by atoms with Gasteiger partial charge >= 0.3 is 0 Å². The molecule has 0 atom stereocenters. The van der Waals surface area contributed by atoms with Crippen LogP contribution < -0.4 is 5.32 Å². The van der Waals surface area contributed by atoms with Gasteiger partial charge in [0.2, 0.25) is 0 Å². The Morgan fingerprint density at radius 1 is 1.42 bits per heavy atom. The predicted octanol–water partition coefficient (Wildman–Crippen LogP) is 0.889. The number of hydrogen-bond donors (Lipinski definition) is 1. The van der Waals surface area contributed by atoms with Crippen LogP contribution in [0, 0.1) is 22.7 Å². The molecule has 1 N–H and O–H groups in total. The minimum atomic E-state index is 0.244. The van der Waals surface area contributed by atoms with Crippen LogP contribution in [0.25, 0.3) is 0 Å². The van der Waals surface area contributed by atoms with Crippen molar-refractivity contribution < 1.29 is 0 Å². The van der Waals surface area contributed by atoms with Gasteiger partial charge in [-0.15, -0.1) is 0 Å². The monoisotopic (exact) mass is 158 g/mol. The standard InChI is InChI=1S/C8H6N4/c9-3-4-11-8-2-1-7(5-10)12-6-8/h1-2,6,11H,4H2. The number of hydrogen-bond acceptors (Lipinski definition) is 4. The molecule has 0 radical (unpaired) electrons. The van der Waals surface area contributed by atoms with Crippen molar-refractivity contribution in [3.05, 3.63) is 24.0 Å². The van der Waals surface area contributed by atoms with Crippen molar-refractivity contribution >= 4 is 5.69 Å². The number of anilines is 1. The Morgan fingerprint density at radius 3 is 2.75 bits per heavy atom. The molecule has 0 fully saturated rings. The molecule has 0 aliphatic carbocycles. The van der Waals surface area contributed by atoms with Crippen molar-refractivity contribution in [3.8, 4) is 12.1 Å². The topological polar surface area (TPSA) is 72.5 Å². The minimum absolute atomic E-state index is 0.244. The third-order valence-corrected chi connectivity index (χ3v) is 1.25. The lowest BCUT2D eigenvalue weighted by Crippen LogP contribution is -1.98. The van der Waals surface area contributed by atoms with Gasteiger partial charge in [0.05, 0.1) is 18.0 Å². The number of rotatable bonds is 2. The molecule has 1 heterocycles. The molecule has 0 bridgehead atoms. The van der Waals surface area contributed by atoms with E-state index in [0.29, 0.717) is 5.69 Å². The van der Waals surface area contributed by atoms with E-state index in [1.165, 1.54) is 6.20 Å². The fraction of sp³-hybridized carbons (Fsp3) is 0.125. The highest BCUT2D eigenvalue weighted by Gasteiger charge is 1.92. The summed E-state index contributed by atoms with van der Waals surface area (Å²) in [5.74, 6) is 0. The van der Waals surface area contributed by atoms with Gasteiger partial charge in [-0.25, -0.2) is 4.98 Å². The number of nitriles is 2. The molecule has 58 valence electrons. The smallest absolute Gasteiger partial charge is 0.140 e. The molecule has 0 amide bonds. The molecule has 1 aromatic heterocycles. The molecule has 4 nitrogen and oxygen atoms in total. The van der Waals surface area contributed by atoms with Gasteiger partial charge in [-0.1, -0.05) is 0 Å². The Bertz CT molecular complexity index is 328. The summed E-state index contributed by atoms with van der Waals surface area (Å²) < 4.78 is 0. The predicted molar refractivity (Wildman–Crippen MR) is 43.1 cm³/mol. The lowest BCUT2D eigenvalue weighted by atomic mass is 10.3. The first kappa shape index (κ1) is 8.03. The van der Waals surface area contributed by atoms with Crippen molar-refractivity contribution in [1.82, 2.24) is 4.98 Å². The summed E-state index contributed by atoms with van der Waals surface area (Å²) in [5, 5.41) is 19.5. The van der Waals surface area contributed by atoms with Gasteiger partial charge in [-0.2, -0.15) is 10.5 Å². The highest BCUT2D eigenvalue weighted by molar-refractivity contribution is 5.43. The Kier molecular flexibility index (Phi) is 2.64. The summed E-state index contributed by atoms with van der Waals surface area (Å²) in [4.78, 5) is 3.82. The van der Waals surface area contributed by atoms with E-state index < -0.39 is 0 Å². The summed E-state index contributed by atoms with van der Waals surface area (Å²) in [6, 6.07) is 7.16. The van der Waals surface area contributed by atoms with Gasteiger partial charge in [0.25, 0.3) is 0 Å². The van der Waals surface area contributed by atoms with E-state index in [4.69, 9.17) is 10.5 Å². The number of nitrogens with one attached hydrogen (secondary N) is 1. The Balaban J connectivity index is 2.68. The molecular weight excluding hydrogens is 152 g/mol. The molecule has 12 heavy (non-hydrogen) atoms. The molecule has 0 spiro atoms. The van der Waals surface area contributed by atoms with Crippen LogP contribution in [0.15, 0.2) is 18.3 Å². The van der Waals surface area contributed by atoms with E-state index >= 15 is 0 Å². The fourth-order valence-corrected chi connectivity index (χ4v) is 0.706. The van der Waals surface area contributed by atoms with E-state index in [2.05, 4.69) is 10.3 Å². The maximum Gasteiger partial charge on any atom is 0.140 e. The number of nitrogens with zero attached hydrogens (tertiary/aromatic N) is 3. The Hall–Kier alpha value is -2.07. The maximum atomic E-state index is 8.42. The summed E-state index contributed by atoms with van der Waals surface area (Å²) in [5.41, 5.74) is 1.12. The van der Waals surface area contributed by atoms with E-state index in [-0.39, 0.29) is 6.54 Å². The van der Waals surface area contributed by atoms with Crippen molar-refractivity contribution in [2.24, 2.45) is 0 Å². The van der Waals surface area contributed by atoms with Crippen molar-refractivity contribution in [1.29, 1.82) is 10.5 Å². The van der Waals surface area contributed by atoms with Gasteiger partial charge in [-0.3, -0.25) is 0 Å². The third kappa shape index (κ3) is 1.96. The second kappa shape index (κ2) is 3.95. The quantitative estimate of drug-likeness (QED) is 0.648. The largest absolute Gasteiger partial charge is 0.371 e. The van der Waals surface area contributed by atoms with Gasteiger partial charge < -0.3 is 5.32 Å². The lowest BCUT2D eigenvalue weighted by Gasteiger charge is -1.98. The van der Waals surface area contributed by atoms with E-state index in [1.807, 2.05) is 12.1 Å². The normalized spacial score (nSPS) is 8.17. The van der Waals surface area contributed by atoms with Gasteiger partial charge in [-0.05, 0) is 12.1 Å². The second-order valence-corrected chi connectivity index (χ2v) is 2.06. The zero-order chi connectivity index (χ0) is 8.81. The van der Waals surface area contributed by atoms with Crippen LogP contribution in [0.2, 0.25) is 0 Å². The van der Waals surface area contributed by atoms with Crippen LogP contribution >= 0.6 is 0 Å². The molecule has 0 aliphatic heterocycles. The SMILES string of the molecule is N#CCNc1ccc(C#N)nc1. The first-order valence-corrected chi connectivity index (χ1v) is 3.34. The molecular formula is C8H6N4. The first-order chi connectivity index (χ1) is 5.86. The van der Waals surface area contributed by atoms with Crippen LogP contribution in [-0.4, -0.2) is 11.5 Å². The zero-order valence-corrected chi connectivity index (χ0v) is 6.28. The summed E-state index contributed by atoms with van der Waals surface area (Å²) in [6.45, 7) is 0.244. The van der Waals surface area contributed by atoms with E-state index in [1.54, 1.807) is 12.1 Å². The Morgan fingerprint density at radius 2 is 2.25 bits per heavy atom. The average molecular weight is 158 g/mol. The molecule has 4 heteroatoms. The third-order valence-electron chi connectivity index (χ3n) is 1.25. The van der Waals surface area contributed by atoms with Crippen LogP contribution in [0.3, 0.4) is 0 Å². The summed E-state index contributed by atoms with van der Waals surface area (Å²) >= 11 is 0. The van der Waals surface area contributed by atoms with Crippen molar-refractivity contribution in [3.63, 3.8) is 0 Å². The van der Waals surface area contributed by atoms with Crippen LogP contribution in [-0.2, 0) is 0 Å². The molecule has 0 aliphatic rings. The molecule has 0 aromatic carbocycles. The molecule has 1 rings (SSSR count). The highest BCUT2D eigenvalue weighted by Crippen LogP contribution is 2.03. The molecule has 1 aromatic rings. The van der Waals surface area contributed by atoms with Crippen LogP contribution in [0.5, 0.6) is 0 Å². The summed E-state index contributed by atoms with van der Waals surface area (Å²) in [7, 11) is 0. The Labute approximate surface area is 70.1 Å².